The molecule has 27 heavy (non-hydrogen) atoms. The third-order valence-corrected chi connectivity index (χ3v) is 3.86. The van der Waals surface area contributed by atoms with Gasteiger partial charge in [0.15, 0.2) is 0 Å². The molecule has 3 N–H and O–H groups in total. The second-order valence-corrected chi connectivity index (χ2v) is 5.78. The number of benzene rings is 3. The van der Waals surface area contributed by atoms with Crippen molar-refractivity contribution in [3.63, 3.8) is 0 Å². The summed E-state index contributed by atoms with van der Waals surface area (Å²) in [4.78, 5) is 4.35. The van der Waals surface area contributed by atoms with Crippen LogP contribution in [0.3, 0.4) is 0 Å². The van der Waals surface area contributed by atoms with Gasteiger partial charge < -0.3 is 20.1 Å². The molecule has 0 amide bonds. The Balaban J connectivity index is 1.53. The fraction of sp³-hybridized carbons (Fsp3) is 0. The highest BCUT2D eigenvalue weighted by Crippen LogP contribution is 2.29. The molecule has 0 spiro atoms. The third kappa shape index (κ3) is 3.57. The van der Waals surface area contributed by atoms with Crippen molar-refractivity contribution in [1.82, 2.24) is 10.1 Å². The Morgan fingerprint density at radius 2 is 1.52 bits per heavy atom. The van der Waals surface area contributed by atoms with E-state index in [0.717, 1.165) is 5.56 Å². The van der Waals surface area contributed by atoms with E-state index in [9.17, 15) is 9.50 Å². The minimum atomic E-state index is -0.319. The normalized spacial score (nSPS) is 10.7. The van der Waals surface area contributed by atoms with Crippen molar-refractivity contribution >= 4 is 5.69 Å². The Morgan fingerprint density at radius 3 is 2.19 bits per heavy atom. The van der Waals surface area contributed by atoms with Crippen LogP contribution in [0.15, 0.2) is 71.3 Å². The van der Waals surface area contributed by atoms with Crippen molar-refractivity contribution in [1.29, 1.82) is 0 Å². The number of hydrogen-bond donors (Lipinski definition) is 2. The molecule has 4 rings (SSSR count). The lowest BCUT2D eigenvalue weighted by molar-refractivity contribution is 0.432. The lowest BCUT2D eigenvalue weighted by Gasteiger charge is -2.05. The zero-order valence-corrected chi connectivity index (χ0v) is 14.0. The molecular formula is C20H14FN3O3. The number of phenols is 1. The monoisotopic (exact) mass is 363 g/mol. The number of ether oxygens (including phenoxy) is 1. The Morgan fingerprint density at radius 1 is 0.889 bits per heavy atom. The van der Waals surface area contributed by atoms with E-state index in [1.54, 1.807) is 48.5 Å². The fourth-order valence-electron chi connectivity index (χ4n) is 2.46. The summed E-state index contributed by atoms with van der Waals surface area (Å²) in [5.74, 6) is 1.51. The number of hydrogen-bond acceptors (Lipinski definition) is 6. The largest absolute Gasteiger partial charge is 0.506 e. The van der Waals surface area contributed by atoms with Gasteiger partial charge in [0.05, 0.1) is 5.69 Å². The van der Waals surface area contributed by atoms with E-state index in [-0.39, 0.29) is 17.3 Å². The second-order valence-electron chi connectivity index (χ2n) is 5.78. The molecule has 6 nitrogen and oxygen atoms in total. The lowest BCUT2D eigenvalue weighted by atomic mass is 10.2. The molecule has 0 aliphatic heterocycles. The number of nitrogen functional groups attached to an aromatic ring is 1. The quantitative estimate of drug-likeness (QED) is 0.406. The summed E-state index contributed by atoms with van der Waals surface area (Å²) in [7, 11) is 0. The molecular weight excluding hydrogens is 349 g/mol. The van der Waals surface area contributed by atoms with E-state index in [1.165, 1.54) is 18.2 Å². The first-order valence-corrected chi connectivity index (χ1v) is 8.05. The van der Waals surface area contributed by atoms with Gasteiger partial charge in [-0.1, -0.05) is 5.16 Å². The molecule has 4 aromatic rings. The van der Waals surface area contributed by atoms with E-state index in [1.807, 2.05) is 0 Å². The summed E-state index contributed by atoms with van der Waals surface area (Å²) in [6, 6.07) is 17.5. The van der Waals surface area contributed by atoms with Gasteiger partial charge in [-0.25, -0.2) is 4.39 Å². The van der Waals surface area contributed by atoms with Gasteiger partial charge in [-0.2, -0.15) is 4.98 Å². The van der Waals surface area contributed by atoms with E-state index in [4.69, 9.17) is 15.0 Å². The number of nitrogens with zero attached hydrogens (tertiary/aromatic N) is 2. The van der Waals surface area contributed by atoms with Crippen LogP contribution < -0.4 is 10.5 Å². The van der Waals surface area contributed by atoms with Gasteiger partial charge in [-0.05, 0) is 66.7 Å². The molecule has 1 heterocycles. The van der Waals surface area contributed by atoms with Crippen LogP contribution in [0.1, 0.15) is 0 Å². The van der Waals surface area contributed by atoms with Gasteiger partial charge >= 0.3 is 0 Å². The maximum Gasteiger partial charge on any atom is 0.258 e. The Bertz CT molecular complexity index is 1080. The predicted octanol–water partition coefficient (Wildman–Crippen LogP) is 4.62. The Kier molecular flexibility index (Phi) is 4.18. The molecule has 7 heteroatoms. The molecule has 0 atom stereocenters. The predicted molar refractivity (Wildman–Crippen MR) is 97.7 cm³/mol. The van der Waals surface area contributed by atoms with Crippen molar-refractivity contribution in [2.24, 2.45) is 0 Å². The van der Waals surface area contributed by atoms with Gasteiger partial charge in [0.2, 0.25) is 5.82 Å². The molecule has 0 aliphatic rings. The van der Waals surface area contributed by atoms with Crippen LogP contribution in [0.5, 0.6) is 17.2 Å². The molecule has 134 valence electrons. The number of nitrogens with two attached hydrogens (primary N) is 1. The van der Waals surface area contributed by atoms with Crippen LogP contribution in [0.4, 0.5) is 10.1 Å². The van der Waals surface area contributed by atoms with Crippen LogP contribution in [0, 0.1) is 5.82 Å². The Hall–Kier alpha value is -3.87. The van der Waals surface area contributed by atoms with Gasteiger partial charge in [0.25, 0.3) is 5.89 Å². The first-order valence-electron chi connectivity index (χ1n) is 8.05. The van der Waals surface area contributed by atoms with Crippen molar-refractivity contribution in [3.05, 3.63) is 72.5 Å². The van der Waals surface area contributed by atoms with Crippen molar-refractivity contribution in [2.75, 3.05) is 5.73 Å². The summed E-state index contributed by atoms with van der Waals surface area (Å²) < 4.78 is 23.9. The van der Waals surface area contributed by atoms with Gasteiger partial charge in [-0.3, -0.25) is 0 Å². The average molecular weight is 363 g/mol. The maximum atomic E-state index is 12.9. The Labute approximate surface area is 153 Å². The standard InChI is InChI=1S/C20H14FN3O3/c21-14-4-8-16(9-5-14)26-15-6-1-12(2-7-15)19-23-20(27-24-19)13-3-10-18(25)17(22)11-13/h1-11,25H,22H2. The molecule has 1 aromatic heterocycles. The van der Waals surface area contributed by atoms with Crippen molar-refractivity contribution < 1.29 is 18.8 Å². The summed E-state index contributed by atoms with van der Waals surface area (Å²) in [5.41, 5.74) is 7.27. The zero-order valence-electron chi connectivity index (χ0n) is 14.0. The number of halogens is 1. The van der Waals surface area contributed by atoms with E-state index >= 15 is 0 Å². The maximum absolute atomic E-state index is 12.9. The molecule has 0 aliphatic carbocycles. The molecule has 0 saturated heterocycles. The van der Waals surface area contributed by atoms with Crippen LogP contribution in [0.25, 0.3) is 22.8 Å². The molecule has 0 fully saturated rings. The molecule has 0 radical (unpaired) electrons. The summed E-state index contributed by atoms with van der Waals surface area (Å²) in [6.07, 6.45) is 0. The minimum Gasteiger partial charge on any atom is -0.506 e. The molecule has 0 bridgehead atoms. The molecule has 0 unspecified atom stereocenters. The fourth-order valence-corrected chi connectivity index (χ4v) is 2.46. The highest BCUT2D eigenvalue weighted by Gasteiger charge is 2.12. The van der Waals surface area contributed by atoms with Crippen LogP contribution in [-0.2, 0) is 0 Å². The summed E-state index contributed by atoms with van der Waals surface area (Å²) >= 11 is 0. The summed E-state index contributed by atoms with van der Waals surface area (Å²) in [6.45, 7) is 0. The molecule has 0 saturated carbocycles. The van der Waals surface area contributed by atoms with Crippen molar-refractivity contribution in [2.45, 2.75) is 0 Å². The number of phenolic OH excluding ortho intramolecular Hbond substituents is 1. The highest BCUT2D eigenvalue weighted by molar-refractivity contribution is 5.66. The van der Waals surface area contributed by atoms with Crippen LogP contribution >= 0.6 is 0 Å². The number of aromatic nitrogens is 2. The van der Waals surface area contributed by atoms with Gasteiger partial charge in [-0.15, -0.1) is 0 Å². The smallest absolute Gasteiger partial charge is 0.258 e. The van der Waals surface area contributed by atoms with Crippen molar-refractivity contribution in [3.8, 4) is 40.1 Å². The second kappa shape index (κ2) is 6.80. The first kappa shape index (κ1) is 16.6. The topological polar surface area (TPSA) is 94.4 Å². The van der Waals surface area contributed by atoms with Crippen LogP contribution in [-0.4, -0.2) is 15.2 Å². The lowest BCUT2D eigenvalue weighted by Crippen LogP contribution is -1.87. The summed E-state index contributed by atoms with van der Waals surface area (Å²) in [5, 5.41) is 13.5. The number of aromatic hydroxyl groups is 1. The van der Waals surface area contributed by atoms with E-state index < -0.39 is 0 Å². The highest BCUT2D eigenvalue weighted by atomic mass is 19.1. The number of rotatable bonds is 4. The van der Waals surface area contributed by atoms with Gasteiger partial charge in [0.1, 0.15) is 23.1 Å². The third-order valence-electron chi connectivity index (χ3n) is 3.86. The van der Waals surface area contributed by atoms with E-state index in [0.29, 0.717) is 28.8 Å². The zero-order chi connectivity index (χ0) is 18.8. The SMILES string of the molecule is Nc1cc(-c2nc(-c3ccc(Oc4ccc(F)cc4)cc3)no2)ccc1O. The number of anilines is 1. The van der Waals surface area contributed by atoms with E-state index in [2.05, 4.69) is 10.1 Å². The van der Waals surface area contributed by atoms with Gasteiger partial charge in [0, 0.05) is 11.1 Å². The average Bonchev–Trinajstić information content (AvgIpc) is 3.17. The first-order chi connectivity index (χ1) is 13.1. The molecule has 3 aromatic carbocycles. The minimum absolute atomic E-state index is 0.00441. The van der Waals surface area contributed by atoms with Crippen LogP contribution in [0.2, 0.25) is 0 Å².